The van der Waals surface area contributed by atoms with Gasteiger partial charge in [0.2, 0.25) is 0 Å². The van der Waals surface area contributed by atoms with Crippen molar-refractivity contribution in [1.29, 1.82) is 0 Å². The van der Waals surface area contributed by atoms with Crippen molar-refractivity contribution in [1.82, 2.24) is 4.90 Å². The highest BCUT2D eigenvalue weighted by Crippen LogP contribution is 2.24. The van der Waals surface area contributed by atoms with E-state index in [0.717, 1.165) is 45.6 Å². The van der Waals surface area contributed by atoms with E-state index in [2.05, 4.69) is 4.90 Å². The number of ketones is 1. The van der Waals surface area contributed by atoms with Crippen LogP contribution in [0, 0.1) is 0 Å². The lowest BCUT2D eigenvalue weighted by Crippen LogP contribution is -2.49. The van der Waals surface area contributed by atoms with E-state index in [1.54, 1.807) is 0 Å². The molecule has 3 heterocycles. The van der Waals surface area contributed by atoms with Gasteiger partial charge in [-0.15, -0.1) is 0 Å². The zero-order valence-electron chi connectivity index (χ0n) is 11.0. The number of fused-ring (bicyclic) bond motifs is 1. The number of hydrogen-bond acceptors (Lipinski definition) is 4. The molecule has 3 rings (SSSR count). The third kappa shape index (κ3) is 2.76. The van der Waals surface area contributed by atoms with Gasteiger partial charge < -0.3 is 9.47 Å². The predicted octanol–water partition coefficient (Wildman–Crippen LogP) is 1.38. The van der Waals surface area contributed by atoms with Crippen LogP contribution in [0.1, 0.15) is 38.5 Å². The molecule has 3 saturated heterocycles. The normalized spacial score (nSPS) is 36.8. The zero-order chi connectivity index (χ0) is 12.4. The Balaban J connectivity index is 1.44. The molecule has 0 amide bonds. The van der Waals surface area contributed by atoms with Crippen molar-refractivity contribution in [2.24, 2.45) is 0 Å². The van der Waals surface area contributed by atoms with Crippen molar-refractivity contribution in [2.45, 2.75) is 56.8 Å². The highest BCUT2D eigenvalue weighted by Gasteiger charge is 2.35. The van der Waals surface area contributed by atoms with Gasteiger partial charge in [0.05, 0.1) is 12.7 Å². The Hall–Kier alpha value is -0.450. The Labute approximate surface area is 109 Å². The van der Waals surface area contributed by atoms with Gasteiger partial charge in [0.15, 0.2) is 5.78 Å². The number of Topliss-reactive ketones (excluding diaryl/α,β-unsaturated/α-hetero) is 1. The molecule has 0 bridgehead atoms. The molecule has 0 aromatic carbocycles. The second-order valence-electron chi connectivity index (χ2n) is 5.75. The minimum Gasteiger partial charge on any atom is -0.378 e. The maximum absolute atomic E-state index is 12.1. The molecule has 102 valence electrons. The molecule has 0 aromatic heterocycles. The lowest BCUT2D eigenvalue weighted by molar-refractivity contribution is -0.139. The standard InChI is InChI=1S/C14H23NO3/c16-13(6-5-12-4-2-8-17-12)14-9-15-7-1-3-11(15)10-18-14/h11-12,14H,1-10H2. The van der Waals surface area contributed by atoms with E-state index >= 15 is 0 Å². The first kappa shape index (κ1) is 12.6. The lowest BCUT2D eigenvalue weighted by atomic mass is 10.0. The highest BCUT2D eigenvalue weighted by atomic mass is 16.5. The summed E-state index contributed by atoms with van der Waals surface area (Å²) in [4.78, 5) is 14.6. The lowest BCUT2D eigenvalue weighted by Gasteiger charge is -2.34. The molecule has 18 heavy (non-hydrogen) atoms. The molecule has 3 aliphatic heterocycles. The molecule has 0 aliphatic carbocycles. The van der Waals surface area contributed by atoms with Gasteiger partial charge in [0.25, 0.3) is 0 Å². The molecule has 3 aliphatic rings. The summed E-state index contributed by atoms with van der Waals surface area (Å²) < 4.78 is 11.3. The minimum atomic E-state index is -0.180. The predicted molar refractivity (Wildman–Crippen MR) is 67.6 cm³/mol. The molecule has 0 spiro atoms. The van der Waals surface area contributed by atoms with Gasteiger partial charge in [0.1, 0.15) is 6.10 Å². The van der Waals surface area contributed by atoms with Crippen LogP contribution in [0.2, 0.25) is 0 Å². The molecule has 0 saturated carbocycles. The van der Waals surface area contributed by atoms with Crippen LogP contribution in [0.15, 0.2) is 0 Å². The summed E-state index contributed by atoms with van der Waals surface area (Å²) in [6, 6.07) is 0.576. The van der Waals surface area contributed by atoms with Crippen molar-refractivity contribution in [3.8, 4) is 0 Å². The fourth-order valence-electron chi connectivity index (χ4n) is 3.35. The number of ether oxygens (including phenoxy) is 2. The molecule has 0 radical (unpaired) electrons. The fourth-order valence-corrected chi connectivity index (χ4v) is 3.35. The summed E-state index contributed by atoms with van der Waals surface area (Å²) in [6.07, 6.45) is 6.39. The zero-order valence-corrected chi connectivity index (χ0v) is 11.0. The van der Waals surface area contributed by atoms with Gasteiger partial charge in [-0.05, 0) is 38.6 Å². The summed E-state index contributed by atoms with van der Waals surface area (Å²) in [5, 5.41) is 0. The summed E-state index contributed by atoms with van der Waals surface area (Å²) in [6.45, 7) is 3.57. The highest BCUT2D eigenvalue weighted by molar-refractivity contribution is 5.83. The molecule has 3 fully saturated rings. The smallest absolute Gasteiger partial charge is 0.162 e. The van der Waals surface area contributed by atoms with E-state index in [1.165, 1.54) is 12.8 Å². The maximum atomic E-state index is 12.1. The minimum absolute atomic E-state index is 0.180. The van der Waals surface area contributed by atoms with Crippen LogP contribution in [0.5, 0.6) is 0 Å². The van der Waals surface area contributed by atoms with Crippen LogP contribution >= 0.6 is 0 Å². The third-order valence-electron chi connectivity index (χ3n) is 4.49. The molecular weight excluding hydrogens is 230 g/mol. The second kappa shape index (κ2) is 5.68. The van der Waals surface area contributed by atoms with Gasteiger partial charge in [-0.25, -0.2) is 0 Å². The van der Waals surface area contributed by atoms with E-state index in [9.17, 15) is 4.79 Å². The van der Waals surface area contributed by atoms with Gasteiger partial charge >= 0.3 is 0 Å². The quantitative estimate of drug-likeness (QED) is 0.758. The van der Waals surface area contributed by atoms with Gasteiger partial charge in [0, 0.05) is 25.6 Å². The summed E-state index contributed by atoms with van der Waals surface area (Å²) >= 11 is 0. The average Bonchev–Trinajstić information content (AvgIpc) is 3.05. The Morgan fingerprint density at radius 1 is 1.22 bits per heavy atom. The van der Waals surface area contributed by atoms with Crippen LogP contribution < -0.4 is 0 Å². The Morgan fingerprint density at radius 2 is 2.17 bits per heavy atom. The van der Waals surface area contributed by atoms with Crippen molar-refractivity contribution in [3.05, 3.63) is 0 Å². The third-order valence-corrected chi connectivity index (χ3v) is 4.49. The van der Waals surface area contributed by atoms with E-state index in [1.807, 2.05) is 0 Å². The van der Waals surface area contributed by atoms with Gasteiger partial charge in [-0.3, -0.25) is 9.69 Å². The molecule has 3 unspecified atom stereocenters. The average molecular weight is 253 g/mol. The Kier molecular flexibility index (Phi) is 3.97. The summed E-state index contributed by atoms with van der Waals surface area (Å²) in [7, 11) is 0. The first-order chi connectivity index (χ1) is 8.83. The van der Waals surface area contributed by atoms with Crippen LogP contribution in [0.25, 0.3) is 0 Å². The first-order valence-corrected chi connectivity index (χ1v) is 7.33. The molecular formula is C14H23NO3. The van der Waals surface area contributed by atoms with Crippen molar-refractivity contribution in [3.63, 3.8) is 0 Å². The molecule has 0 aromatic rings. The number of hydrogen-bond donors (Lipinski definition) is 0. The molecule has 4 nitrogen and oxygen atoms in total. The van der Waals surface area contributed by atoms with E-state index < -0.39 is 0 Å². The number of carbonyl (C=O) groups excluding carboxylic acids is 1. The molecule has 4 heteroatoms. The summed E-state index contributed by atoms with van der Waals surface area (Å²) in [5.74, 6) is 0.274. The number of carbonyl (C=O) groups is 1. The van der Waals surface area contributed by atoms with Gasteiger partial charge in [-0.2, -0.15) is 0 Å². The van der Waals surface area contributed by atoms with E-state index in [-0.39, 0.29) is 11.9 Å². The topological polar surface area (TPSA) is 38.8 Å². The number of morpholine rings is 1. The van der Waals surface area contributed by atoms with Crippen molar-refractivity contribution >= 4 is 5.78 Å². The Morgan fingerprint density at radius 3 is 3.00 bits per heavy atom. The van der Waals surface area contributed by atoms with Crippen LogP contribution in [-0.2, 0) is 14.3 Å². The maximum Gasteiger partial charge on any atom is 0.162 e. The van der Waals surface area contributed by atoms with Gasteiger partial charge in [-0.1, -0.05) is 0 Å². The molecule has 3 atom stereocenters. The number of rotatable bonds is 4. The van der Waals surface area contributed by atoms with Crippen molar-refractivity contribution in [2.75, 3.05) is 26.3 Å². The second-order valence-corrected chi connectivity index (χ2v) is 5.75. The number of nitrogens with zero attached hydrogens (tertiary/aromatic N) is 1. The molecule has 0 N–H and O–H groups in total. The van der Waals surface area contributed by atoms with E-state index in [0.29, 0.717) is 18.6 Å². The largest absolute Gasteiger partial charge is 0.378 e. The fraction of sp³-hybridized carbons (Fsp3) is 0.929. The van der Waals surface area contributed by atoms with Crippen LogP contribution in [0.4, 0.5) is 0 Å². The Bertz CT molecular complexity index is 301. The summed E-state index contributed by atoms with van der Waals surface area (Å²) in [5.41, 5.74) is 0. The van der Waals surface area contributed by atoms with Crippen molar-refractivity contribution < 1.29 is 14.3 Å². The van der Waals surface area contributed by atoms with Crippen LogP contribution in [-0.4, -0.2) is 55.2 Å². The SMILES string of the molecule is O=C(CCC1CCCO1)C1CN2CCCC2CO1. The van der Waals surface area contributed by atoms with Crippen LogP contribution in [0.3, 0.4) is 0 Å². The monoisotopic (exact) mass is 253 g/mol. The van der Waals surface area contributed by atoms with E-state index in [4.69, 9.17) is 9.47 Å². The first-order valence-electron chi connectivity index (χ1n) is 7.33.